The van der Waals surface area contributed by atoms with Crippen LogP contribution in [-0.4, -0.2) is 18.7 Å². The van der Waals surface area contributed by atoms with E-state index in [9.17, 15) is 4.79 Å². The molecular weight excluding hydrogens is 356 g/mol. The maximum atomic E-state index is 11.6. The van der Waals surface area contributed by atoms with E-state index in [1.807, 2.05) is 61.5 Å². The Morgan fingerprint density at radius 2 is 1.87 bits per heavy atom. The number of hydrogen-bond acceptors (Lipinski definition) is 3. The van der Waals surface area contributed by atoms with Gasteiger partial charge in [-0.3, -0.25) is 4.79 Å². The largest absolute Gasteiger partial charge is 0.484 e. The van der Waals surface area contributed by atoms with Crippen LogP contribution in [0.2, 0.25) is 0 Å². The molecule has 0 fully saturated rings. The van der Waals surface area contributed by atoms with Crippen LogP contribution in [-0.2, 0) is 4.79 Å². The number of aryl methyl sites for hydroxylation is 1. The molecule has 1 amide bonds. The van der Waals surface area contributed by atoms with Gasteiger partial charge < -0.3 is 4.74 Å². The highest BCUT2D eigenvalue weighted by Crippen LogP contribution is 2.11. The van der Waals surface area contributed by atoms with Gasteiger partial charge in [0, 0.05) is 10.7 Å². The van der Waals surface area contributed by atoms with Crippen molar-refractivity contribution in [1.29, 1.82) is 0 Å². The van der Waals surface area contributed by atoms with Gasteiger partial charge in [-0.15, -0.1) is 0 Å². The number of carbonyl (C=O) groups excluding carboxylic acids is 1. The van der Waals surface area contributed by atoms with E-state index < -0.39 is 0 Å². The van der Waals surface area contributed by atoms with Gasteiger partial charge >= 0.3 is 0 Å². The van der Waals surface area contributed by atoms with Crippen LogP contribution in [0.1, 0.15) is 11.1 Å². The molecule has 0 aliphatic carbocycles. The first kappa shape index (κ1) is 17.0. The number of nitrogens with zero attached hydrogens (tertiary/aromatic N) is 1. The number of hydrazone groups is 1. The zero-order valence-electron chi connectivity index (χ0n) is 12.7. The van der Waals surface area contributed by atoms with Crippen molar-refractivity contribution in [3.63, 3.8) is 0 Å². The number of rotatable bonds is 6. The minimum atomic E-state index is -0.307. The summed E-state index contributed by atoms with van der Waals surface area (Å²) in [6.07, 6.45) is 5.17. The fourth-order valence-electron chi connectivity index (χ4n) is 1.70. The topological polar surface area (TPSA) is 50.7 Å². The van der Waals surface area contributed by atoms with Crippen LogP contribution >= 0.6 is 15.9 Å². The number of carbonyl (C=O) groups is 1. The second-order valence-electron chi connectivity index (χ2n) is 4.83. The maximum absolute atomic E-state index is 11.6. The van der Waals surface area contributed by atoms with E-state index in [1.165, 1.54) is 6.21 Å². The summed E-state index contributed by atoms with van der Waals surface area (Å²) < 4.78 is 6.38. The highest BCUT2D eigenvalue weighted by molar-refractivity contribution is 9.10. The first-order valence-electron chi connectivity index (χ1n) is 7.07. The molecule has 2 aromatic rings. The average Bonchev–Trinajstić information content (AvgIpc) is 2.56. The fourth-order valence-corrected chi connectivity index (χ4v) is 1.96. The van der Waals surface area contributed by atoms with Crippen LogP contribution < -0.4 is 10.2 Å². The van der Waals surface area contributed by atoms with Gasteiger partial charge in [-0.25, -0.2) is 5.43 Å². The highest BCUT2D eigenvalue weighted by atomic mass is 79.9. The normalized spacial score (nSPS) is 11.0. The van der Waals surface area contributed by atoms with Crippen molar-refractivity contribution in [2.24, 2.45) is 5.10 Å². The number of allylic oxidation sites excluding steroid dienone is 1. The molecule has 0 spiro atoms. The molecule has 2 rings (SSSR count). The van der Waals surface area contributed by atoms with Crippen molar-refractivity contribution in [3.05, 3.63) is 70.2 Å². The number of amides is 1. The van der Waals surface area contributed by atoms with E-state index in [-0.39, 0.29) is 12.5 Å². The molecule has 2 aromatic carbocycles. The second-order valence-corrected chi connectivity index (χ2v) is 5.74. The fraction of sp³-hybridized carbons (Fsp3) is 0.111. The zero-order chi connectivity index (χ0) is 16.5. The van der Waals surface area contributed by atoms with Crippen LogP contribution in [0, 0.1) is 6.92 Å². The van der Waals surface area contributed by atoms with Gasteiger partial charge in [-0.05, 0) is 42.8 Å². The molecule has 1 N–H and O–H groups in total. The molecule has 0 aromatic heterocycles. The summed E-state index contributed by atoms with van der Waals surface area (Å²) in [5.74, 6) is 0.351. The smallest absolute Gasteiger partial charge is 0.277 e. The van der Waals surface area contributed by atoms with E-state index in [4.69, 9.17) is 4.74 Å². The second kappa shape index (κ2) is 8.90. The Morgan fingerprint density at radius 1 is 1.17 bits per heavy atom. The Hall–Kier alpha value is -2.40. The predicted octanol–water partition coefficient (Wildman–Crippen LogP) is 3.95. The molecule has 118 valence electrons. The zero-order valence-corrected chi connectivity index (χ0v) is 14.3. The number of hydrogen-bond donors (Lipinski definition) is 1. The molecule has 0 saturated heterocycles. The lowest BCUT2D eigenvalue weighted by Gasteiger charge is -2.04. The third kappa shape index (κ3) is 6.48. The Balaban J connectivity index is 1.71. The number of halogens is 1. The molecule has 0 bridgehead atoms. The number of nitrogens with one attached hydrogen (secondary N) is 1. The van der Waals surface area contributed by atoms with Gasteiger partial charge in [-0.1, -0.05) is 51.8 Å². The van der Waals surface area contributed by atoms with Gasteiger partial charge in [-0.2, -0.15) is 5.10 Å². The molecule has 0 atom stereocenters. The van der Waals surface area contributed by atoms with Crippen molar-refractivity contribution in [2.75, 3.05) is 6.61 Å². The maximum Gasteiger partial charge on any atom is 0.277 e. The number of ether oxygens (including phenoxy) is 1. The minimum absolute atomic E-state index is 0.0726. The van der Waals surface area contributed by atoms with Crippen molar-refractivity contribution in [2.45, 2.75) is 6.92 Å². The number of benzene rings is 2. The Labute approximate surface area is 144 Å². The monoisotopic (exact) mass is 372 g/mol. The third-order valence-electron chi connectivity index (χ3n) is 2.90. The first-order chi connectivity index (χ1) is 11.1. The Kier molecular flexibility index (Phi) is 6.56. The quantitative estimate of drug-likeness (QED) is 0.616. The summed E-state index contributed by atoms with van der Waals surface area (Å²) in [6, 6.07) is 15.4. The van der Waals surface area contributed by atoms with E-state index in [0.717, 1.165) is 15.6 Å². The average molecular weight is 373 g/mol. The molecular formula is C18H17BrN2O2. The predicted molar refractivity (Wildman–Crippen MR) is 96.5 cm³/mol. The molecule has 0 radical (unpaired) electrons. The minimum Gasteiger partial charge on any atom is -0.484 e. The molecule has 5 heteroatoms. The molecule has 0 heterocycles. The van der Waals surface area contributed by atoms with Crippen LogP contribution in [0.25, 0.3) is 6.08 Å². The lowest BCUT2D eigenvalue weighted by Crippen LogP contribution is -2.24. The van der Waals surface area contributed by atoms with Crippen LogP contribution in [0.5, 0.6) is 5.75 Å². The SMILES string of the molecule is Cc1ccc(OCC(=O)N/N=C\C=C\c2ccc(Br)cc2)cc1. The molecule has 4 nitrogen and oxygen atoms in total. The molecule has 0 aliphatic rings. The molecule has 0 aliphatic heterocycles. The summed E-state index contributed by atoms with van der Waals surface area (Å²) in [7, 11) is 0. The Morgan fingerprint density at radius 3 is 2.57 bits per heavy atom. The summed E-state index contributed by atoms with van der Waals surface area (Å²) in [6.45, 7) is 1.92. The summed E-state index contributed by atoms with van der Waals surface area (Å²) in [5.41, 5.74) is 4.60. The highest BCUT2D eigenvalue weighted by Gasteiger charge is 2.00. The van der Waals surface area contributed by atoms with Gasteiger partial charge in [0.1, 0.15) is 5.75 Å². The van der Waals surface area contributed by atoms with Crippen molar-refractivity contribution in [3.8, 4) is 5.75 Å². The van der Waals surface area contributed by atoms with Gasteiger partial charge in [0.05, 0.1) is 0 Å². The van der Waals surface area contributed by atoms with Crippen molar-refractivity contribution >= 4 is 34.1 Å². The van der Waals surface area contributed by atoms with Gasteiger partial charge in [0.2, 0.25) is 0 Å². The van der Waals surface area contributed by atoms with Crippen LogP contribution in [0.15, 0.2) is 64.2 Å². The first-order valence-corrected chi connectivity index (χ1v) is 7.86. The Bertz CT molecular complexity index is 692. The lowest BCUT2D eigenvalue weighted by molar-refractivity contribution is -0.123. The summed E-state index contributed by atoms with van der Waals surface area (Å²) in [4.78, 5) is 11.6. The van der Waals surface area contributed by atoms with Crippen LogP contribution in [0.3, 0.4) is 0 Å². The van der Waals surface area contributed by atoms with Gasteiger partial charge in [0.15, 0.2) is 6.61 Å². The van der Waals surface area contributed by atoms with Gasteiger partial charge in [0.25, 0.3) is 5.91 Å². The van der Waals surface area contributed by atoms with E-state index in [2.05, 4.69) is 26.5 Å². The standard InChI is InChI=1S/C18H17BrN2O2/c1-14-4-10-17(11-5-14)23-13-18(22)21-20-12-2-3-15-6-8-16(19)9-7-15/h2-12H,13H2,1H3,(H,21,22)/b3-2+,20-12-. The molecule has 0 saturated carbocycles. The summed E-state index contributed by atoms with van der Waals surface area (Å²) >= 11 is 3.38. The van der Waals surface area contributed by atoms with Crippen molar-refractivity contribution < 1.29 is 9.53 Å². The molecule has 0 unspecified atom stereocenters. The summed E-state index contributed by atoms with van der Waals surface area (Å²) in [5, 5.41) is 3.83. The van der Waals surface area contributed by atoms with E-state index >= 15 is 0 Å². The lowest BCUT2D eigenvalue weighted by atomic mass is 10.2. The van der Waals surface area contributed by atoms with E-state index in [0.29, 0.717) is 5.75 Å². The molecule has 23 heavy (non-hydrogen) atoms. The van der Waals surface area contributed by atoms with E-state index in [1.54, 1.807) is 6.08 Å². The van der Waals surface area contributed by atoms with Crippen LogP contribution in [0.4, 0.5) is 0 Å². The third-order valence-corrected chi connectivity index (χ3v) is 3.43. The van der Waals surface area contributed by atoms with Crippen molar-refractivity contribution in [1.82, 2.24) is 5.43 Å².